The predicted molar refractivity (Wildman–Crippen MR) is 145 cm³/mol. The molecule has 1 aromatic heterocycles. The molecule has 0 unspecified atom stereocenters. The number of benzene rings is 2. The monoisotopic (exact) mass is 675 g/mol. The number of aliphatic hydroxyl groups is 3. The first-order valence-electron chi connectivity index (χ1n) is 10.9. The van der Waals surface area contributed by atoms with Crippen molar-refractivity contribution in [3.8, 4) is 11.5 Å². The molecule has 2 aromatic carbocycles. The molecule has 2 atom stereocenters. The first kappa shape index (κ1) is 28.1. The summed E-state index contributed by atoms with van der Waals surface area (Å²) in [6, 6.07) is 13.7. The molecule has 0 saturated heterocycles. The summed E-state index contributed by atoms with van der Waals surface area (Å²) in [5, 5.41) is 37.0. The zero-order valence-electron chi connectivity index (χ0n) is 19.4. The van der Waals surface area contributed by atoms with Gasteiger partial charge in [0.2, 0.25) is 0 Å². The Kier molecular flexibility index (Phi) is 10.2. The van der Waals surface area contributed by atoms with Gasteiger partial charge >= 0.3 is 0 Å². The summed E-state index contributed by atoms with van der Waals surface area (Å²) in [4.78, 5) is 0. The molecular formula is C24H28BrClIN3O5. The van der Waals surface area contributed by atoms with Crippen LogP contribution < -0.4 is 9.47 Å². The highest BCUT2D eigenvalue weighted by atomic mass is 123. The maximum absolute atomic E-state index is 10.3. The summed E-state index contributed by atoms with van der Waals surface area (Å²) in [5.74, 6) is 1.41. The lowest BCUT2D eigenvalue weighted by Gasteiger charge is -2.27. The number of nitrogens with zero attached hydrogens (tertiary/aromatic N) is 3. The summed E-state index contributed by atoms with van der Waals surface area (Å²) in [6.45, 7) is 4.51. The molecule has 0 amide bonds. The minimum atomic E-state index is -0.781. The van der Waals surface area contributed by atoms with Gasteiger partial charge in [-0.3, -0.25) is 0 Å². The Labute approximate surface area is 231 Å². The Morgan fingerprint density at radius 3 is 2.31 bits per heavy atom. The van der Waals surface area contributed by atoms with Crippen LogP contribution in [-0.2, 0) is 18.6 Å². The van der Waals surface area contributed by atoms with E-state index in [1.54, 1.807) is 4.68 Å². The third-order valence-corrected chi connectivity index (χ3v) is 7.71. The van der Waals surface area contributed by atoms with Crippen LogP contribution in [0.4, 0.5) is 0 Å². The van der Waals surface area contributed by atoms with Crippen molar-refractivity contribution in [1.82, 2.24) is 15.0 Å². The highest BCUT2D eigenvalue weighted by molar-refractivity contribution is 14.1. The molecule has 0 aliphatic heterocycles. The van der Waals surface area contributed by atoms with Gasteiger partial charge in [-0.25, -0.2) is 4.68 Å². The van der Waals surface area contributed by atoms with E-state index >= 15 is 0 Å². The zero-order chi connectivity index (χ0) is 25.6. The van der Waals surface area contributed by atoms with Crippen LogP contribution >= 0.6 is 50.1 Å². The molecule has 1 heterocycles. The molecule has 0 aliphatic carbocycles. The second-order valence-electron chi connectivity index (χ2n) is 8.55. The van der Waals surface area contributed by atoms with Crippen molar-refractivity contribution >= 4 is 50.1 Å². The normalized spacial score (nSPS) is 13.5. The summed E-state index contributed by atoms with van der Waals surface area (Å²) in [6.07, 6.45) is -1.50. The molecule has 0 saturated carbocycles. The summed E-state index contributed by atoms with van der Waals surface area (Å²) in [7, 11) is 0. The lowest BCUT2D eigenvalue weighted by Crippen LogP contribution is -2.25. The van der Waals surface area contributed by atoms with Gasteiger partial charge in [0.05, 0.1) is 23.5 Å². The van der Waals surface area contributed by atoms with E-state index in [-0.39, 0.29) is 37.7 Å². The molecule has 11 heteroatoms. The molecule has 3 aromatic rings. The first-order chi connectivity index (χ1) is 16.6. The summed E-state index contributed by atoms with van der Waals surface area (Å²) >= 11 is 11.2. The second kappa shape index (κ2) is 12.7. The predicted octanol–water partition coefficient (Wildman–Crippen LogP) is 3.88. The first-order valence-corrected chi connectivity index (χ1v) is 13.3. The molecule has 0 spiro atoms. The Morgan fingerprint density at radius 2 is 1.71 bits per heavy atom. The third kappa shape index (κ3) is 7.30. The Hall–Kier alpha value is -1.44. The van der Waals surface area contributed by atoms with Gasteiger partial charge in [-0.15, -0.1) is 16.7 Å². The SMILES string of the molecule is CC(C)(c1ccc(OC[C@H](O)Cn2nnc(CO)c2[123I])cc1)c1ccc(OC[C@@H](O)CCl)c(Br)c1. The van der Waals surface area contributed by atoms with Crippen molar-refractivity contribution in [3.05, 3.63) is 67.5 Å². The second-order valence-corrected chi connectivity index (χ2v) is 10.7. The largest absolute Gasteiger partial charge is 0.491 e. The van der Waals surface area contributed by atoms with Gasteiger partial charge in [-0.1, -0.05) is 37.3 Å². The zero-order valence-corrected chi connectivity index (χ0v) is 23.9. The van der Waals surface area contributed by atoms with E-state index in [1.165, 1.54) is 0 Å². The fraction of sp³-hybridized carbons (Fsp3) is 0.417. The number of hydrogen-bond donors (Lipinski definition) is 3. The molecule has 0 fully saturated rings. The number of halogens is 3. The van der Waals surface area contributed by atoms with Crippen molar-refractivity contribution in [2.75, 3.05) is 19.1 Å². The standard InChI is InChI=1S/C24H28BrClIN3O5/c1-24(2,16-5-8-22(20(25)9-16)35-13-17(32)10-26)15-3-6-19(7-4-15)34-14-18(33)11-30-23(27)21(12-31)28-29-30/h3-9,17-18,31-33H,10-14H2,1-2H3/t17-,18+/m0/s1/i27-4. The van der Waals surface area contributed by atoms with Crippen LogP contribution in [0.5, 0.6) is 11.5 Å². The van der Waals surface area contributed by atoms with Gasteiger partial charge in [0.25, 0.3) is 0 Å². The molecule has 35 heavy (non-hydrogen) atoms. The van der Waals surface area contributed by atoms with Crippen LogP contribution in [0.1, 0.15) is 30.7 Å². The highest BCUT2D eigenvalue weighted by Crippen LogP contribution is 2.36. The average Bonchev–Trinajstić information content (AvgIpc) is 3.20. The van der Waals surface area contributed by atoms with Crippen LogP contribution in [-0.4, -0.2) is 61.6 Å². The van der Waals surface area contributed by atoms with E-state index in [9.17, 15) is 15.3 Å². The topological polar surface area (TPSA) is 110 Å². The summed E-state index contributed by atoms with van der Waals surface area (Å²) < 4.78 is 14.4. The molecule has 0 radical (unpaired) electrons. The van der Waals surface area contributed by atoms with Gasteiger partial charge in [0.15, 0.2) is 0 Å². The number of alkyl halides is 1. The van der Waals surface area contributed by atoms with E-state index in [2.05, 4.69) is 40.1 Å². The lowest BCUT2D eigenvalue weighted by atomic mass is 9.78. The van der Waals surface area contributed by atoms with Crippen molar-refractivity contribution in [3.63, 3.8) is 0 Å². The molecule has 3 rings (SSSR count). The summed E-state index contributed by atoms with van der Waals surface area (Å²) in [5.41, 5.74) is 2.38. The minimum absolute atomic E-state index is 0.0972. The molecule has 0 aliphatic rings. The molecule has 8 nitrogen and oxygen atoms in total. The molecular weight excluding hydrogens is 649 g/mol. The van der Waals surface area contributed by atoms with Crippen LogP contribution in [0, 0.1) is 3.70 Å². The quantitative estimate of drug-likeness (QED) is 0.197. The van der Waals surface area contributed by atoms with E-state index in [0.29, 0.717) is 20.9 Å². The number of ether oxygens (including phenoxy) is 2. The number of hydrogen-bond acceptors (Lipinski definition) is 7. The van der Waals surface area contributed by atoms with E-state index in [1.807, 2.05) is 65.1 Å². The Morgan fingerprint density at radius 1 is 1.06 bits per heavy atom. The van der Waals surface area contributed by atoms with Crippen LogP contribution in [0.3, 0.4) is 0 Å². The van der Waals surface area contributed by atoms with Crippen LogP contribution in [0.2, 0.25) is 0 Å². The van der Waals surface area contributed by atoms with Gasteiger partial charge in [-0.2, -0.15) is 0 Å². The molecule has 3 N–H and O–H groups in total. The maximum atomic E-state index is 10.3. The highest BCUT2D eigenvalue weighted by Gasteiger charge is 2.24. The van der Waals surface area contributed by atoms with E-state index in [4.69, 9.17) is 21.1 Å². The smallest absolute Gasteiger partial charge is 0.133 e. The van der Waals surface area contributed by atoms with Crippen molar-refractivity contribution in [2.45, 2.75) is 44.6 Å². The van der Waals surface area contributed by atoms with Gasteiger partial charge < -0.3 is 24.8 Å². The minimum Gasteiger partial charge on any atom is -0.491 e. The Bertz CT molecular complexity index is 1110. The van der Waals surface area contributed by atoms with Crippen LogP contribution in [0.25, 0.3) is 0 Å². The Balaban J connectivity index is 1.60. The average molecular weight is 677 g/mol. The number of aliphatic hydroxyl groups excluding tert-OH is 3. The van der Waals surface area contributed by atoms with Gasteiger partial charge in [0, 0.05) is 5.41 Å². The van der Waals surface area contributed by atoms with Crippen LogP contribution in [0.15, 0.2) is 46.9 Å². The fourth-order valence-electron chi connectivity index (χ4n) is 3.37. The fourth-order valence-corrected chi connectivity index (χ4v) is 4.52. The van der Waals surface area contributed by atoms with E-state index < -0.39 is 12.2 Å². The van der Waals surface area contributed by atoms with Gasteiger partial charge in [0.1, 0.15) is 46.3 Å². The number of rotatable bonds is 12. The molecule has 0 bridgehead atoms. The van der Waals surface area contributed by atoms with E-state index in [0.717, 1.165) is 15.6 Å². The third-order valence-electron chi connectivity index (χ3n) is 5.55. The van der Waals surface area contributed by atoms with Crippen molar-refractivity contribution in [2.24, 2.45) is 0 Å². The van der Waals surface area contributed by atoms with Gasteiger partial charge in [-0.05, 0) is 73.9 Å². The lowest BCUT2D eigenvalue weighted by molar-refractivity contribution is 0.0881. The molecule has 190 valence electrons. The van der Waals surface area contributed by atoms with Crippen molar-refractivity contribution in [1.29, 1.82) is 0 Å². The number of aromatic nitrogens is 3. The maximum Gasteiger partial charge on any atom is 0.133 e. The van der Waals surface area contributed by atoms with Crippen molar-refractivity contribution < 1.29 is 24.8 Å².